The van der Waals surface area contributed by atoms with Gasteiger partial charge >= 0.3 is 12.3 Å². The zero-order valence-corrected chi connectivity index (χ0v) is 17.6. The molecule has 31 heavy (non-hydrogen) atoms. The number of benzene rings is 2. The molecule has 1 aliphatic rings. The van der Waals surface area contributed by atoms with Crippen molar-refractivity contribution in [3.8, 4) is 0 Å². The Morgan fingerprint density at radius 1 is 1.13 bits per heavy atom. The Morgan fingerprint density at radius 2 is 1.77 bits per heavy atom. The van der Waals surface area contributed by atoms with Crippen molar-refractivity contribution in [2.24, 2.45) is 0 Å². The molecule has 164 valence electrons. The molecule has 0 radical (unpaired) electrons. The standard InChI is InChI=1S/C20H15Cl2F3N2O4/c1-10-5-11(3-4-15(10)17(28)26-18(29)30-2)16-9-19(31-27-16,20(23,24)25)12-6-13(21)8-14(22)7-12/h3-9,27H,1-2H3,(H,26,28,29). The number of imide groups is 1. The summed E-state index contributed by atoms with van der Waals surface area (Å²) in [6.45, 7) is 1.57. The average molecular weight is 475 g/mol. The van der Waals surface area contributed by atoms with Gasteiger partial charge in [0.2, 0.25) is 5.60 Å². The molecule has 11 heteroatoms. The van der Waals surface area contributed by atoms with E-state index in [1.165, 1.54) is 24.3 Å². The van der Waals surface area contributed by atoms with Gasteiger partial charge in [0, 0.05) is 21.2 Å². The number of ether oxygens (including phenoxy) is 1. The minimum Gasteiger partial charge on any atom is -0.453 e. The van der Waals surface area contributed by atoms with E-state index in [1.54, 1.807) is 6.92 Å². The van der Waals surface area contributed by atoms with Gasteiger partial charge in [-0.05, 0) is 54.5 Å². The second-order valence-electron chi connectivity index (χ2n) is 6.63. The average Bonchev–Trinajstić information content (AvgIpc) is 3.13. The fourth-order valence-corrected chi connectivity index (χ4v) is 3.58. The minimum atomic E-state index is -4.84. The summed E-state index contributed by atoms with van der Waals surface area (Å²) in [6, 6.07) is 7.81. The zero-order chi connectivity index (χ0) is 23.0. The minimum absolute atomic E-state index is 0.0217. The van der Waals surface area contributed by atoms with Crippen molar-refractivity contribution in [2.45, 2.75) is 18.7 Å². The van der Waals surface area contributed by atoms with Crippen LogP contribution in [0.3, 0.4) is 0 Å². The zero-order valence-electron chi connectivity index (χ0n) is 16.1. The molecule has 2 N–H and O–H groups in total. The van der Waals surface area contributed by atoms with Crippen LogP contribution >= 0.6 is 23.2 Å². The number of alkyl halides is 3. The van der Waals surface area contributed by atoms with Crippen LogP contribution < -0.4 is 10.8 Å². The smallest absolute Gasteiger partial charge is 0.428 e. The maximum absolute atomic E-state index is 14.1. The summed E-state index contributed by atoms with van der Waals surface area (Å²) in [5.41, 5.74) is 0.0914. The fraction of sp³-hybridized carbons (Fsp3) is 0.200. The van der Waals surface area contributed by atoms with Crippen LogP contribution in [-0.4, -0.2) is 25.3 Å². The predicted octanol–water partition coefficient (Wildman–Crippen LogP) is 5.13. The van der Waals surface area contributed by atoms with Crippen LogP contribution in [0.2, 0.25) is 10.0 Å². The summed E-state index contributed by atoms with van der Waals surface area (Å²) in [5.74, 6) is -0.710. The van der Waals surface area contributed by atoms with Crippen molar-refractivity contribution in [1.29, 1.82) is 0 Å². The second kappa shape index (κ2) is 8.41. The van der Waals surface area contributed by atoms with Crippen molar-refractivity contribution in [1.82, 2.24) is 10.8 Å². The van der Waals surface area contributed by atoms with Crippen LogP contribution in [0.5, 0.6) is 0 Å². The molecular weight excluding hydrogens is 460 g/mol. The molecule has 2 aromatic carbocycles. The first-order chi connectivity index (χ1) is 14.5. The number of carbonyl (C=O) groups is 2. The lowest BCUT2D eigenvalue weighted by Crippen LogP contribution is -2.42. The maximum atomic E-state index is 14.1. The van der Waals surface area contributed by atoms with Crippen molar-refractivity contribution in [2.75, 3.05) is 7.11 Å². The summed E-state index contributed by atoms with van der Waals surface area (Å²) in [4.78, 5) is 28.4. The highest BCUT2D eigenvalue weighted by Crippen LogP contribution is 2.48. The Morgan fingerprint density at radius 3 is 2.32 bits per heavy atom. The van der Waals surface area contributed by atoms with Crippen LogP contribution in [0.4, 0.5) is 18.0 Å². The molecule has 2 aromatic rings. The van der Waals surface area contributed by atoms with E-state index in [0.29, 0.717) is 11.1 Å². The number of alkyl carbamates (subject to hydrolysis) is 1. The van der Waals surface area contributed by atoms with E-state index in [0.717, 1.165) is 25.3 Å². The van der Waals surface area contributed by atoms with Crippen LogP contribution in [0.15, 0.2) is 42.5 Å². The molecule has 1 heterocycles. The lowest BCUT2D eigenvalue weighted by molar-refractivity contribution is -0.269. The lowest BCUT2D eigenvalue weighted by atomic mass is 9.91. The quantitative estimate of drug-likeness (QED) is 0.644. The number of amides is 2. The molecule has 0 bridgehead atoms. The number of methoxy groups -OCH3 is 1. The summed E-state index contributed by atoms with van der Waals surface area (Å²) >= 11 is 11.8. The Labute approximate surface area is 184 Å². The molecule has 1 aliphatic heterocycles. The van der Waals surface area contributed by atoms with Crippen LogP contribution in [-0.2, 0) is 15.2 Å². The van der Waals surface area contributed by atoms with Gasteiger partial charge in [0.05, 0.1) is 12.8 Å². The van der Waals surface area contributed by atoms with Gasteiger partial charge < -0.3 is 4.74 Å². The first-order valence-corrected chi connectivity index (χ1v) is 9.43. The van der Waals surface area contributed by atoms with Gasteiger partial charge in [0.25, 0.3) is 5.91 Å². The van der Waals surface area contributed by atoms with Gasteiger partial charge in [-0.1, -0.05) is 29.3 Å². The van der Waals surface area contributed by atoms with E-state index in [1.807, 2.05) is 5.32 Å². The number of rotatable bonds is 3. The van der Waals surface area contributed by atoms with Crippen LogP contribution in [0.25, 0.3) is 5.70 Å². The van der Waals surface area contributed by atoms with E-state index in [2.05, 4.69) is 10.2 Å². The number of nitrogens with one attached hydrogen (secondary N) is 2. The summed E-state index contributed by atoms with van der Waals surface area (Å²) in [5, 5.41) is 2.06. The molecule has 6 nitrogen and oxygen atoms in total. The van der Waals surface area contributed by atoms with Gasteiger partial charge in [-0.2, -0.15) is 13.2 Å². The van der Waals surface area contributed by atoms with Crippen molar-refractivity contribution < 1.29 is 32.3 Å². The molecule has 0 aromatic heterocycles. The Hall–Kier alpha value is -2.75. The Kier molecular flexibility index (Phi) is 6.22. The third kappa shape index (κ3) is 4.48. The highest BCUT2D eigenvalue weighted by molar-refractivity contribution is 6.34. The van der Waals surface area contributed by atoms with E-state index < -0.39 is 23.8 Å². The molecule has 1 atom stereocenters. The molecule has 0 saturated carbocycles. The Balaban J connectivity index is 2.01. The first-order valence-electron chi connectivity index (χ1n) is 8.67. The third-order valence-electron chi connectivity index (χ3n) is 4.57. The van der Waals surface area contributed by atoms with E-state index in [-0.39, 0.29) is 26.9 Å². The number of halogens is 5. The van der Waals surface area contributed by atoms with Crippen molar-refractivity contribution in [3.05, 3.63) is 74.8 Å². The third-order valence-corrected chi connectivity index (χ3v) is 5.00. The van der Waals surface area contributed by atoms with Crippen molar-refractivity contribution >= 4 is 40.9 Å². The monoisotopic (exact) mass is 474 g/mol. The molecule has 0 spiro atoms. The first kappa shape index (κ1) is 22.9. The molecule has 0 saturated heterocycles. The van der Waals surface area contributed by atoms with Gasteiger partial charge in [0.1, 0.15) is 0 Å². The van der Waals surface area contributed by atoms with Gasteiger partial charge in [-0.25, -0.2) is 4.79 Å². The highest BCUT2D eigenvalue weighted by Gasteiger charge is 2.59. The van der Waals surface area contributed by atoms with Crippen LogP contribution in [0, 0.1) is 6.92 Å². The number of hydrogen-bond donors (Lipinski definition) is 2. The fourth-order valence-electron chi connectivity index (χ4n) is 3.05. The molecule has 3 rings (SSSR count). The number of hydroxylamine groups is 1. The van der Waals surface area contributed by atoms with E-state index >= 15 is 0 Å². The number of hydrogen-bond acceptors (Lipinski definition) is 5. The summed E-state index contributed by atoms with van der Waals surface area (Å²) in [6.07, 6.45) is -4.90. The van der Waals surface area contributed by atoms with Gasteiger partial charge in [0.15, 0.2) is 0 Å². The molecule has 0 aliphatic carbocycles. The SMILES string of the molecule is COC(=O)NC(=O)c1ccc(C2=CC(c3cc(Cl)cc(Cl)c3)(C(F)(F)F)ON2)cc1C. The largest absolute Gasteiger partial charge is 0.453 e. The maximum Gasteiger partial charge on any atom is 0.428 e. The predicted molar refractivity (Wildman–Crippen MR) is 107 cm³/mol. The van der Waals surface area contributed by atoms with E-state index in [9.17, 15) is 22.8 Å². The number of carbonyl (C=O) groups excluding carboxylic acids is 2. The topological polar surface area (TPSA) is 76.7 Å². The molecule has 1 unspecified atom stereocenters. The molecule has 0 fully saturated rings. The normalized spacial score (nSPS) is 18.2. The van der Waals surface area contributed by atoms with E-state index in [4.69, 9.17) is 28.0 Å². The number of aryl methyl sites for hydroxylation is 1. The second-order valence-corrected chi connectivity index (χ2v) is 7.50. The summed E-state index contributed by atoms with van der Waals surface area (Å²) < 4.78 is 46.6. The molecule has 2 amide bonds. The van der Waals surface area contributed by atoms with Gasteiger partial charge in [-0.15, -0.1) is 0 Å². The summed E-state index contributed by atoms with van der Waals surface area (Å²) in [7, 11) is 1.11. The highest BCUT2D eigenvalue weighted by atomic mass is 35.5. The molecular formula is C20H15Cl2F3N2O4. The lowest BCUT2D eigenvalue weighted by Gasteiger charge is -2.28. The Bertz CT molecular complexity index is 1070. The van der Waals surface area contributed by atoms with Crippen LogP contribution in [0.1, 0.15) is 27.0 Å². The van der Waals surface area contributed by atoms with Gasteiger partial charge in [-0.3, -0.25) is 20.4 Å². The van der Waals surface area contributed by atoms with Crippen molar-refractivity contribution in [3.63, 3.8) is 0 Å².